The molecule has 0 amide bonds. The first-order valence-corrected chi connectivity index (χ1v) is 6.28. The van der Waals surface area contributed by atoms with Gasteiger partial charge in [-0.2, -0.15) is 0 Å². The van der Waals surface area contributed by atoms with Gasteiger partial charge < -0.3 is 9.05 Å². The average molecular weight is 220 g/mol. The van der Waals surface area contributed by atoms with Crippen LogP contribution < -0.4 is 0 Å². The summed E-state index contributed by atoms with van der Waals surface area (Å²) >= 11 is 0. The van der Waals surface area contributed by atoms with Crippen LogP contribution in [0, 0.1) is 5.41 Å². The van der Waals surface area contributed by atoms with Gasteiger partial charge in [0, 0.05) is 5.41 Å². The fraction of sp³-hybridized carbons (Fsp3) is 0.889. The van der Waals surface area contributed by atoms with Crippen molar-refractivity contribution in [1.29, 1.82) is 0 Å². The van der Waals surface area contributed by atoms with Crippen LogP contribution in [0.2, 0.25) is 0 Å². The van der Waals surface area contributed by atoms with Gasteiger partial charge >= 0.3 is 7.60 Å². The second kappa shape index (κ2) is 3.76. The van der Waals surface area contributed by atoms with Crippen LogP contribution in [-0.2, 0) is 18.4 Å². The smallest absolute Gasteiger partial charge is 0.303 e. The molecule has 1 aliphatic rings. The topological polar surface area (TPSA) is 52.6 Å². The minimum atomic E-state index is -3.52. The Morgan fingerprint density at radius 1 is 1.43 bits per heavy atom. The van der Waals surface area contributed by atoms with E-state index in [-0.39, 0.29) is 6.10 Å². The molecule has 1 rings (SSSR count). The van der Waals surface area contributed by atoms with Gasteiger partial charge in [-0.3, -0.25) is 9.36 Å². The average Bonchev–Trinajstić information content (AvgIpc) is 2.01. The Bertz CT molecular complexity index is 279. The number of carbonyl (C=O) groups is 1. The minimum Gasteiger partial charge on any atom is -0.303 e. The van der Waals surface area contributed by atoms with E-state index in [2.05, 4.69) is 0 Å². The molecule has 2 unspecified atom stereocenters. The summed E-state index contributed by atoms with van der Waals surface area (Å²) in [6.07, 6.45) is 0.516. The van der Waals surface area contributed by atoms with E-state index in [0.717, 1.165) is 0 Å². The number of carbonyl (C=O) groups excluding carboxylic acids is 1. The van der Waals surface area contributed by atoms with Crippen LogP contribution >= 0.6 is 7.60 Å². The Kier molecular flexibility index (Phi) is 3.20. The van der Waals surface area contributed by atoms with E-state index in [1.165, 1.54) is 0 Å². The van der Waals surface area contributed by atoms with Crippen molar-refractivity contribution in [2.75, 3.05) is 6.61 Å². The van der Waals surface area contributed by atoms with E-state index in [4.69, 9.17) is 9.05 Å². The molecular weight excluding hydrogens is 203 g/mol. The molecule has 1 heterocycles. The molecule has 5 heteroatoms. The molecule has 82 valence electrons. The molecule has 0 aromatic rings. The highest BCUT2D eigenvalue weighted by Gasteiger charge is 2.45. The summed E-state index contributed by atoms with van der Waals surface area (Å²) < 4.78 is 22.2. The standard InChI is InChI=1S/C9H17O4P/c1-7-5-6-12-14(11,13-7)8(10)9(2,3)4/h7H,5-6H2,1-4H3. The van der Waals surface area contributed by atoms with Crippen LogP contribution in [0.3, 0.4) is 0 Å². The van der Waals surface area contributed by atoms with Crippen molar-refractivity contribution in [3.8, 4) is 0 Å². The maximum absolute atomic E-state index is 12.0. The third kappa shape index (κ3) is 2.44. The van der Waals surface area contributed by atoms with Gasteiger partial charge in [-0.1, -0.05) is 20.8 Å². The molecule has 0 bridgehead atoms. The third-order valence-electron chi connectivity index (χ3n) is 1.99. The van der Waals surface area contributed by atoms with Crippen LogP contribution in [0.25, 0.3) is 0 Å². The molecule has 0 aromatic heterocycles. The molecule has 0 aliphatic carbocycles. The summed E-state index contributed by atoms with van der Waals surface area (Å²) in [6, 6.07) is 0. The SMILES string of the molecule is CC1CCOP(=O)(C(=O)C(C)(C)C)O1. The van der Waals surface area contributed by atoms with Crippen molar-refractivity contribution in [3.05, 3.63) is 0 Å². The van der Waals surface area contributed by atoms with E-state index < -0.39 is 18.5 Å². The van der Waals surface area contributed by atoms with Gasteiger partial charge in [0.25, 0.3) is 0 Å². The maximum Gasteiger partial charge on any atom is 0.397 e. The summed E-state index contributed by atoms with van der Waals surface area (Å²) in [6.45, 7) is 7.26. The molecule has 4 nitrogen and oxygen atoms in total. The van der Waals surface area contributed by atoms with Crippen LogP contribution in [-0.4, -0.2) is 18.2 Å². The summed E-state index contributed by atoms with van der Waals surface area (Å²) in [5.74, 6) is 0. The molecule has 2 atom stereocenters. The monoisotopic (exact) mass is 220 g/mol. The first kappa shape index (κ1) is 11.9. The van der Waals surface area contributed by atoms with Crippen molar-refractivity contribution >= 4 is 13.1 Å². The van der Waals surface area contributed by atoms with Gasteiger partial charge in [0.15, 0.2) is 0 Å². The molecule has 0 spiro atoms. The molecule has 14 heavy (non-hydrogen) atoms. The van der Waals surface area contributed by atoms with Crippen molar-refractivity contribution in [2.45, 2.75) is 40.2 Å². The van der Waals surface area contributed by atoms with E-state index in [1.807, 2.05) is 0 Å². The van der Waals surface area contributed by atoms with E-state index in [0.29, 0.717) is 13.0 Å². The van der Waals surface area contributed by atoms with Crippen LogP contribution in [0.15, 0.2) is 0 Å². The highest BCUT2D eigenvalue weighted by atomic mass is 31.2. The molecule has 0 aromatic carbocycles. The zero-order chi connectivity index (χ0) is 11.0. The second-order valence-corrected chi connectivity index (χ2v) is 6.46. The zero-order valence-corrected chi connectivity index (χ0v) is 9.97. The van der Waals surface area contributed by atoms with Crippen molar-refractivity contribution in [3.63, 3.8) is 0 Å². The summed E-state index contributed by atoms with van der Waals surface area (Å²) in [5, 5.41) is 0. The molecule has 1 aliphatic heterocycles. The van der Waals surface area contributed by atoms with Gasteiger partial charge in [0.2, 0.25) is 5.52 Å². The number of hydrogen-bond acceptors (Lipinski definition) is 4. The van der Waals surface area contributed by atoms with Gasteiger partial charge in [0.05, 0.1) is 12.7 Å². The molecule has 1 fully saturated rings. The Morgan fingerprint density at radius 3 is 2.43 bits per heavy atom. The Labute approximate surface area is 84.5 Å². The lowest BCUT2D eigenvalue weighted by molar-refractivity contribution is -0.121. The van der Waals surface area contributed by atoms with Gasteiger partial charge in [-0.05, 0) is 13.3 Å². The second-order valence-electron chi connectivity index (χ2n) is 4.59. The molecule has 1 saturated heterocycles. The number of hydrogen-bond donors (Lipinski definition) is 0. The lowest BCUT2D eigenvalue weighted by Gasteiger charge is -2.30. The predicted molar refractivity (Wildman–Crippen MR) is 53.2 cm³/mol. The van der Waals surface area contributed by atoms with Crippen molar-refractivity contribution in [1.82, 2.24) is 0 Å². The largest absolute Gasteiger partial charge is 0.397 e. The molecular formula is C9H17O4P. The lowest BCUT2D eigenvalue weighted by Crippen LogP contribution is -2.27. The van der Waals surface area contributed by atoms with Gasteiger partial charge in [-0.15, -0.1) is 0 Å². The fourth-order valence-corrected chi connectivity index (χ4v) is 3.20. The van der Waals surface area contributed by atoms with Crippen LogP contribution in [0.1, 0.15) is 34.1 Å². The van der Waals surface area contributed by atoms with E-state index in [1.54, 1.807) is 27.7 Å². The molecule has 0 saturated carbocycles. The zero-order valence-electron chi connectivity index (χ0n) is 9.07. The quantitative estimate of drug-likeness (QED) is 0.637. The Hall–Kier alpha value is -0.180. The summed E-state index contributed by atoms with van der Waals surface area (Å²) in [4.78, 5) is 11.8. The lowest BCUT2D eigenvalue weighted by atomic mass is 10.00. The minimum absolute atomic E-state index is 0.166. The first-order valence-electron chi connectivity index (χ1n) is 4.74. The number of rotatable bonds is 1. The normalized spacial score (nSPS) is 34.1. The predicted octanol–water partition coefficient (Wildman–Crippen LogP) is 2.58. The Morgan fingerprint density at radius 2 is 2.00 bits per heavy atom. The Balaban J connectivity index is 2.85. The van der Waals surface area contributed by atoms with Crippen LogP contribution in [0.4, 0.5) is 0 Å². The van der Waals surface area contributed by atoms with Gasteiger partial charge in [0.1, 0.15) is 0 Å². The first-order chi connectivity index (χ1) is 6.26. The summed E-state index contributed by atoms with van der Waals surface area (Å²) in [5.41, 5.74) is -1.12. The van der Waals surface area contributed by atoms with E-state index >= 15 is 0 Å². The van der Waals surface area contributed by atoms with Crippen LogP contribution in [0.5, 0.6) is 0 Å². The van der Waals surface area contributed by atoms with E-state index in [9.17, 15) is 9.36 Å². The third-order valence-corrected chi connectivity index (χ3v) is 4.32. The maximum atomic E-state index is 12.0. The fourth-order valence-electron chi connectivity index (χ4n) is 1.18. The molecule has 0 N–H and O–H groups in total. The molecule has 0 radical (unpaired) electrons. The highest BCUT2D eigenvalue weighted by molar-refractivity contribution is 7.72. The highest BCUT2D eigenvalue weighted by Crippen LogP contribution is 2.56. The van der Waals surface area contributed by atoms with Crippen molar-refractivity contribution in [2.24, 2.45) is 5.41 Å². The van der Waals surface area contributed by atoms with Gasteiger partial charge in [-0.25, -0.2) is 0 Å². The van der Waals surface area contributed by atoms with Crippen molar-refractivity contribution < 1.29 is 18.4 Å². The summed E-state index contributed by atoms with van der Waals surface area (Å²) in [7, 11) is -3.52.